The Morgan fingerprint density at radius 1 is 1.29 bits per heavy atom. The van der Waals surface area contributed by atoms with Crippen molar-refractivity contribution in [2.45, 2.75) is 20.0 Å². The maximum absolute atomic E-state index is 10.8. The highest BCUT2D eigenvalue weighted by Gasteiger charge is 2.10. The topological polar surface area (TPSA) is 26.3 Å². The lowest BCUT2D eigenvalue weighted by Crippen LogP contribution is -2.10. The van der Waals surface area contributed by atoms with E-state index in [1.165, 1.54) is 0 Å². The van der Waals surface area contributed by atoms with E-state index in [9.17, 15) is 4.79 Å². The van der Waals surface area contributed by atoms with E-state index < -0.39 is 6.10 Å². The molecule has 2 nitrogen and oxygen atoms in total. The molecular formula is C12H16O2. The van der Waals surface area contributed by atoms with Gasteiger partial charge in [-0.1, -0.05) is 44.2 Å². The van der Waals surface area contributed by atoms with Crippen molar-refractivity contribution in [2.75, 3.05) is 6.61 Å². The fraction of sp³-hybridized carbons (Fsp3) is 0.417. The van der Waals surface area contributed by atoms with Gasteiger partial charge in [-0.3, -0.25) is 0 Å². The highest BCUT2D eigenvalue weighted by Crippen LogP contribution is 2.15. The molecule has 2 heteroatoms. The number of rotatable bonds is 5. The van der Waals surface area contributed by atoms with Crippen LogP contribution in [0.3, 0.4) is 0 Å². The highest BCUT2D eigenvalue weighted by molar-refractivity contribution is 5.59. The molecule has 0 bridgehead atoms. The monoisotopic (exact) mass is 192 g/mol. The van der Waals surface area contributed by atoms with Crippen LogP contribution in [0.4, 0.5) is 0 Å². The predicted octanol–water partition coefficient (Wildman–Crippen LogP) is 2.60. The van der Waals surface area contributed by atoms with Gasteiger partial charge in [-0.2, -0.15) is 0 Å². The maximum atomic E-state index is 10.8. The van der Waals surface area contributed by atoms with E-state index in [1.54, 1.807) is 0 Å². The Bertz CT molecular complexity index is 267. The van der Waals surface area contributed by atoms with Gasteiger partial charge in [0.15, 0.2) is 6.29 Å². The summed E-state index contributed by atoms with van der Waals surface area (Å²) in [6.07, 6.45) is 0.427. The van der Waals surface area contributed by atoms with Crippen molar-refractivity contribution in [3.05, 3.63) is 35.9 Å². The van der Waals surface area contributed by atoms with Gasteiger partial charge in [0.05, 0.1) is 6.61 Å². The lowest BCUT2D eigenvalue weighted by Gasteiger charge is -2.13. The summed E-state index contributed by atoms with van der Waals surface area (Å²) in [5.41, 5.74) is 0.920. The zero-order valence-electron chi connectivity index (χ0n) is 8.64. The van der Waals surface area contributed by atoms with Crippen molar-refractivity contribution < 1.29 is 9.53 Å². The van der Waals surface area contributed by atoms with Gasteiger partial charge in [0.1, 0.15) is 6.10 Å². The molecule has 0 spiro atoms. The van der Waals surface area contributed by atoms with Crippen LogP contribution in [-0.2, 0) is 9.53 Å². The molecule has 0 N–H and O–H groups in total. The molecule has 0 aliphatic rings. The average Bonchev–Trinajstić information content (AvgIpc) is 2.20. The van der Waals surface area contributed by atoms with E-state index in [-0.39, 0.29) is 0 Å². The fourth-order valence-electron chi connectivity index (χ4n) is 1.15. The van der Waals surface area contributed by atoms with E-state index in [2.05, 4.69) is 13.8 Å². The molecule has 0 heterocycles. The molecule has 0 saturated carbocycles. The van der Waals surface area contributed by atoms with Crippen LogP contribution in [0, 0.1) is 5.92 Å². The first-order chi connectivity index (χ1) is 6.74. The van der Waals surface area contributed by atoms with Crippen LogP contribution < -0.4 is 0 Å². The Balaban J connectivity index is 2.59. The number of benzene rings is 1. The summed E-state index contributed by atoms with van der Waals surface area (Å²) >= 11 is 0. The van der Waals surface area contributed by atoms with Crippen LogP contribution >= 0.6 is 0 Å². The fourth-order valence-corrected chi connectivity index (χ4v) is 1.15. The molecule has 1 rings (SSSR count). The maximum Gasteiger partial charge on any atom is 0.153 e. The Kier molecular flexibility index (Phi) is 4.33. The molecule has 0 radical (unpaired) electrons. The Morgan fingerprint density at radius 3 is 2.43 bits per heavy atom. The summed E-state index contributed by atoms with van der Waals surface area (Å²) in [6, 6.07) is 9.54. The average molecular weight is 192 g/mol. The quantitative estimate of drug-likeness (QED) is 0.670. The number of hydrogen-bond acceptors (Lipinski definition) is 2. The van der Waals surface area contributed by atoms with Gasteiger partial charge in [-0.15, -0.1) is 0 Å². The standard InChI is InChI=1S/C12H16O2/c1-10(2)9-14-12(8-13)11-6-4-3-5-7-11/h3-8,10,12H,9H2,1-2H3. The first-order valence-corrected chi connectivity index (χ1v) is 4.86. The number of carbonyl (C=O) groups is 1. The third kappa shape index (κ3) is 3.30. The lowest BCUT2D eigenvalue weighted by atomic mass is 10.1. The molecule has 1 aromatic carbocycles. The molecule has 14 heavy (non-hydrogen) atoms. The van der Waals surface area contributed by atoms with Gasteiger partial charge in [-0.05, 0) is 11.5 Å². The summed E-state index contributed by atoms with van der Waals surface area (Å²) < 4.78 is 5.47. The van der Waals surface area contributed by atoms with Gasteiger partial charge in [0, 0.05) is 0 Å². The third-order valence-corrected chi connectivity index (χ3v) is 1.86. The summed E-state index contributed by atoms with van der Waals surface area (Å²) in [5, 5.41) is 0. The van der Waals surface area contributed by atoms with Crippen LogP contribution in [-0.4, -0.2) is 12.9 Å². The number of hydrogen-bond donors (Lipinski definition) is 0. The number of aldehydes is 1. The summed E-state index contributed by atoms with van der Waals surface area (Å²) in [4.78, 5) is 10.8. The summed E-state index contributed by atoms with van der Waals surface area (Å²) in [7, 11) is 0. The second-order valence-electron chi connectivity index (χ2n) is 3.69. The normalized spacial score (nSPS) is 12.8. The molecule has 0 saturated heterocycles. The van der Waals surface area contributed by atoms with Crippen LogP contribution in [0.5, 0.6) is 0 Å². The van der Waals surface area contributed by atoms with Crippen molar-refractivity contribution in [2.24, 2.45) is 5.92 Å². The minimum absolute atomic E-state index is 0.418. The third-order valence-electron chi connectivity index (χ3n) is 1.86. The van der Waals surface area contributed by atoms with E-state index >= 15 is 0 Å². The van der Waals surface area contributed by atoms with Crippen LogP contribution in [0.1, 0.15) is 25.5 Å². The molecule has 1 unspecified atom stereocenters. The van der Waals surface area contributed by atoms with Crippen molar-refractivity contribution in [1.82, 2.24) is 0 Å². The molecule has 0 amide bonds. The number of ether oxygens (including phenoxy) is 1. The second kappa shape index (κ2) is 5.55. The molecule has 0 aromatic heterocycles. The van der Waals surface area contributed by atoms with Crippen LogP contribution in [0.2, 0.25) is 0 Å². The van der Waals surface area contributed by atoms with Crippen molar-refractivity contribution in [1.29, 1.82) is 0 Å². The van der Waals surface area contributed by atoms with Gasteiger partial charge in [0.25, 0.3) is 0 Å². The summed E-state index contributed by atoms with van der Waals surface area (Å²) in [5.74, 6) is 0.446. The molecule has 0 aliphatic carbocycles. The van der Waals surface area contributed by atoms with Crippen molar-refractivity contribution in [3.8, 4) is 0 Å². The Hall–Kier alpha value is -1.15. The van der Waals surface area contributed by atoms with Crippen LogP contribution in [0.15, 0.2) is 30.3 Å². The predicted molar refractivity (Wildman–Crippen MR) is 56.0 cm³/mol. The van der Waals surface area contributed by atoms with Gasteiger partial charge in [-0.25, -0.2) is 0 Å². The van der Waals surface area contributed by atoms with Crippen molar-refractivity contribution in [3.63, 3.8) is 0 Å². The van der Waals surface area contributed by atoms with E-state index in [4.69, 9.17) is 4.74 Å². The van der Waals surface area contributed by atoms with Crippen molar-refractivity contribution >= 4 is 6.29 Å². The Labute approximate surface area is 84.9 Å². The molecular weight excluding hydrogens is 176 g/mol. The number of carbonyl (C=O) groups excluding carboxylic acids is 1. The first-order valence-electron chi connectivity index (χ1n) is 4.86. The van der Waals surface area contributed by atoms with E-state index in [0.29, 0.717) is 12.5 Å². The molecule has 1 atom stereocenters. The van der Waals surface area contributed by atoms with Gasteiger partial charge in [0.2, 0.25) is 0 Å². The van der Waals surface area contributed by atoms with E-state index in [1.807, 2.05) is 30.3 Å². The molecule has 0 aliphatic heterocycles. The molecule has 0 fully saturated rings. The smallest absolute Gasteiger partial charge is 0.153 e. The molecule has 1 aromatic rings. The summed E-state index contributed by atoms with van der Waals surface area (Å²) in [6.45, 7) is 4.73. The van der Waals surface area contributed by atoms with Crippen LogP contribution in [0.25, 0.3) is 0 Å². The lowest BCUT2D eigenvalue weighted by molar-refractivity contribution is -0.119. The minimum atomic E-state index is -0.418. The first kappa shape index (κ1) is 10.9. The SMILES string of the molecule is CC(C)COC(C=O)c1ccccc1. The zero-order chi connectivity index (χ0) is 10.4. The highest BCUT2D eigenvalue weighted by atomic mass is 16.5. The van der Waals surface area contributed by atoms with Gasteiger partial charge < -0.3 is 9.53 Å². The zero-order valence-corrected chi connectivity index (χ0v) is 8.64. The van der Waals surface area contributed by atoms with E-state index in [0.717, 1.165) is 11.8 Å². The molecule has 76 valence electrons. The Morgan fingerprint density at radius 2 is 1.93 bits per heavy atom. The van der Waals surface area contributed by atoms with Gasteiger partial charge >= 0.3 is 0 Å². The minimum Gasteiger partial charge on any atom is -0.366 e. The second-order valence-corrected chi connectivity index (χ2v) is 3.69. The largest absolute Gasteiger partial charge is 0.366 e.